The van der Waals surface area contributed by atoms with Crippen molar-refractivity contribution in [3.63, 3.8) is 0 Å². The Hall–Kier alpha value is -3.71. The fraction of sp³-hybridized carbons (Fsp3) is 0.240. The van der Waals surface area contributed by atoms with Crippen LogP contribution in [0.4, 0.5) is 0 Å². The number of carbonyl (C=O) groups excluding carboxylic acids is 1. The maximum Gasteiger partial charge on any atom is 0.255 e. The second-order valence-corrected chi connectivity index (χ2v) is 8.34. The highest BCUT2D eigenvalue weighted by Gasteiger charge is 2.33. The Morgan fingerprint density at radius 1 is 1.12 bits per heavy atom. The Morgan fingerprint density at radius 3 is 2.62 bits per heavy atom. The summed E-state index contributed by atoms with van der Waals surface area (Å²) in [6.45, 7) is 5.30. The van der Waals surface area contributed by atoms with Crippen LogP contribution in [0.3, 0.4) is 0 Å². The van der Waals surface area contributed by atoms with E-state index in [1.807, 2.05) is 36.1 Å². The number of aromatic nitrogens is 3. The van der Waals surface area contributed by atoms with Gasteiger partial charge in [-0.05, 0) is 49.7 Å². The summed E-state index contributed by atoms with van der Waals surface area (Å²) in [6.07, 6.45) is 0. The first-order chi connectivity index (χ1) is 15.5. The Balaban J connectivity index is 1.62. The summed E-state index contributed by atoms with van der Waals surface area (Å²) >= 11 is 0. The second-order valence-electron chi connectivity index (χ2n) is 8.34. The highest BCUT2D eigenvalue weighted by Crippen LogP contribution is 2.31. The van der Waals surface area contributed by atoms with Gasteiger partial charge < -0.3 is 15.3 Å². The minimum atomic E-state index is -0.0626. The molecule has 0 saturated carbocycles. The number of fused-ring (bicyclic) bond motifs is 1. The van der Waals surface area contributed by atoms with E-state index in [-0.39, 0.29) is 23.7 Å². The fourth-order valence-corrected chi connectivity index (χ4v) is 4.39. The van der Waals surface area contributed by atoms with Gasteiger partial charge in [-0.15, -0.1) is 0 Å². The van der Waals surface area contributed by atoms with Gasteiger partial charge >= 0.3 is 0 Å². The molecular weight excluding hydrogens is 402 g/mol. The number of nitrogens with zero attached hydrogens (tertiary/aromatic N) is 3. The average molecular weight is 428 g/mol. The first-order valence-corrected chi connectivity index (χ1v) is 10.8. The number of aromatic amines is 1. The molecule has 2 aromatic carbocycles. The molecule has 2 aromatic heterocycles. The molecule has 2 atom stereocenters. The quantitative estimate of drug-likeness (QED) is 0.462. The van der Waals surface area contributed by atoms with Crippen molar-refractivity contribution in [1.29, 1.82) is 0 Å². The van der Waals surface area contributed by atoms with E-state index < -0.39 is 0 Å². The monoisotopic (exact) mass is 427 g/mol. The van der Waals surface area contributed by atoms with Gasteiger partial charge in [0.25, 0.3) is 5.91 Å². The Labute approximate surface area is 186 Å². The Morgan fingerprint density at radius 2 is 1.88 bits per heavy atom. The van der Waals surface area contributed by atoms with E-state index in [1.54, 1.807) is 24.3 Å². The van der Waals surface area contributed by atoms with Crippen LogP contribution >= 0.6 is 0 Å². The lowest BCUT2D eigenvalue weighted by Crippen LogP contribution is -2.53. The maximum atomic E-state index is 14.0. The highest BCUT2D eigenvalue weighted by atomic mass is 16.3. The number of aromatic hydroxyl groups is 1. The molecule has 0 unspecified atom stereocenters. The van der Waals surface area contributed by atoms with E-state index in [4.69, 9.17) is 0 Å². The summed E-state index contributed by atoms with van der Waals surface area (Å²) in [6, 6.07) is 18.9. The molecule has 1 fully saturated rings. The number of pyridine rings is 1. The SMILES string of the molecule is Cc1[nH]nc2nc(-c3ccc(O)cc3)cc(C(=O)N3C[C@@H](C)NC[C@@H]3c3ccccc3)c12. The maximum absolute atomic E-state index is 14.0. The summed E-state index contributed by atoms with van der Waals surface area (Å²) in [5.41, 5.74) is 4.47. The van der Waals surface area contributed by atoms with Gasteiger partial charge in [-0.25, -0.2) is 4.98 Å². The first kappa shape index (κ1) is 20.2. The number of hydrogen-bond acceptors (Lipinski definition) is 5. The lowest BCUT2D eigenvalue weighted by Gasteiger charge is -2.40. The van der Waals surface area contributed by atoms with Crippen molar-refractivity contribution in [3.8, 4) is 17.0 Å². The van der Waals surface area contributed by atoms with Crippen molar-refractivity contribution >= 4 is 16.9 Å². The summed E-state index contributed by atoms with van der Waals surface area (Å²) in [7, 11) is 0. The normalized spacial score (nSPS) is 18.8. The van der Waals surface area contributed by atoms with E-state index >= 15 is 0 Å². The number of phenolic OH excluding ortho intramolecular Hbond substituents is 1. The number of H-pyrrole nitrogens is 1. The third kappa shape index (κ3) is 3.61. The summed E-state index contributed by atoms with van der Waals surface area (Å²) in [5, 5.41) is 21.2. The zero-order chi connectivity index (χ0) is 22.2. The van der Waals surface area contributed by atoms with E-state index in [0.717, 1.165) is 22.2 Å². The van der Waals surface area contributed by atoms with Crippen LogP contribution in [0.5, 0.6) is 5.75 Å². The third-order valence-electron chi connectivity index (χ3n) is 6.05. The van der Waals surface area contributed by atoms with Gasteiger partial charge in [0.1, 0.15) is 5.75 Å². The molecule has 162 valence electrons. The van der Waals surface area contributed by atoms with E-state index in [1.165, 1.54) is 0 Å². The van der Waals surface area contributed by atoms with Crippen molar-refractivity contribution in [2.75, 3.05) is 13.1 Å². The van der Waals surface area contributed by atoms with Gasteiger partial charge in [0, 0.05) is 30.4 Å². The van der Waals surface area contributed by atoms with Crippen LogP contribution in [-0.2, 0) is 0 Å². The number of carbonyl (C=O) groups is 1. The van der Waals surface area contributed by atoms with Crippen molar-refractivity contribution in [1.82, 2.24) is 25.4 Å². The van der Waals surface area contributed by atoms with Gasteiger partial charge in [-0.2, -0.15) is 5.10 Å². The minimum absolute atomic E-state index is 0.0378. The molecule has 1 amide bonds. The van der Waals surface area contributed by atoms with Gasteiger partial charge in [0.05, 0.1) is 22.7 Å². The number of phenols is 1. The number of nitrogens with one attached hydrogen (secondary N) is 2. The topological polar surface area (TPSA) is 94.1 Å². The van der Waals surface area contributed by atoms with Gasteiger partial charge in [-0.1, -0.05) is 30.3 Å². The number of hydrogen-bond donors (Lipinski definition) is 3. The van der Waals surface area contributed by atoms with Crippen LogP contribution < -0.4 is 5.32 Å². The molecule has 5 rings (SSSR count). The number of aryl methyl sites for hydroxylation is 1. The minimum Gasteiger partial charge on any atom is -0.508 e. The van der Waals surface area contributed by atoms with Crippen LogP contribution in [0.15, 0.2) is 60.7 Å². The van der Waals surface area contributed by atoms with Gasteiger partial charge in [-0.3, -0.25) is 9.89 Å². The molecule has 0 bridgehead atoms. The lowest BCUT2D eigenvalue weighted by molar-refractivity contribution is 0.0593. The molecule has 1 aliphatic heterocycles. The standard InChI is InChI=1S/C25H25N5O2/c1-15-14-30(22(13-26-15)18-6-4-3-5-7-18)25(32)20-12-21(17-8-10-19(31)11-9-17)27-24-23(20)16(2)28-29-24/h3-12,15,22,26,31H,13-14H2,1-2H3,(H,27,28,29)/t15-,22-/m1/s1. The number of piperazine rings is 1. The number of benzene rings is 2. The number of rotatable bonds is 3. The van der Waals surface area contributed by atoms with Crippen LogP contribution in [-0.4, -0.2) is 50.2 Å². The van der Waals surface area contributed by atoms with Crippen LogP contribution in [0.2, 0.25) is 0 Å². The molecule has 0 spiro atoms. The molecule has 32 heavy (non-hydrogen) atoms. The molecule has 1 aliphatic rings. The molecule has 4 aromatic rings. The smallest absolute Gasteiger partial charge is 0.255 e. The van der Waals surface area contributed by atoms with Crippen molar-refractivity contribution in [2.45, 2.75) is 25.9 Å². The molecular formula is C25H25N5O2. The summed E-state index contributed by atoms with van der Waals surface area (Å²) in [5.74, 6) is 0.145. The number of amides is 1. The van der Waals surface area contributed by atoms with E-state index in [2.05, 4.69) is 39.6 Å². The summed E-state index contributed by atoms with van der Waals surface area (Å²) in [4.78, 5) is 20.6. The average Bonchev–Trinajstić information content (AvgIpc) is 3.20. The molecule has 7 heteroatoms. The van der Waals surface area contributed by atoms with Crippen molar-refractivity contribution in [2.24, 2.45) is 0 Å². The summed E-state index contributed by atoms with van der Waals surface area (Å²) < 4.78 is 0. The third-order valence-corrected chi connectivity index (χ3v) is 6.05. The molecule has 3 N–H and O–H groups in total. The Kier molecular flexibility index (Phi) is 5.11. The van der Waals surface area contributed by atoms with Crippen LogP contribution in [0.1, 0.15) is 34.6 Å². The lowest BCUT2D eigenvalue weighted by atomic mass is 9.98. The van der Waals surface area contributed by atoms with E-state index in [0.29, 0.717) is 30.0 Å². The van der Waals surface area contributed by atoms with Crippen LogP contribution in [0, 0.1) is 6.92 Å². The van der Waals surface area contributed by atoms with Gasteiger partial charge in [0.15, 0.2) is 5.65 Å². The van der Waals surface area contributed by atoms with Crippen molar-refractivity contribution in [3.05, 3.63) is 77.5 Å². The van der Waals surface area contributed by atoms with Gasteiger partial charge in [0.2, 0.25) is 0 Å². The van der Waals surface area contributed by atoms with E-state index in [9.17, 15) is 9.90 Å². The fourth-order valence-electron chi connectivity index (χ4n) is 4.39. The predicted octanol–water partition coefficient (Wildman–Crippen LogP) is 3.81. The second kappa shape index (κ2) is 8.09. The zero-order valence-electron chi connectivity index (χ0n) is 18.0. The molecule has 0 radical (unpaired) electrons. The van der Waals surface area contributed by atoms with Crippen LogP contribution in [0.25, 0.3) is 22.3 Å². The largest absolute Gasteiger partial charge is 0.508 e. The molecule has 3 heterocycles. The predicted molar refractivity (Wildman–Crippen MR) is 123 cm³/mol. The first-order valence-electron chi connectivity index (χ1n) is 10.8. The molecule has 1 saturated heterocycles. The Bertz CT molecular complexity index is 1270. The molecule has 0 aliphatic carbocycles. The van der Waals surface area contributed by atoms with Crippen molar-refractivity contribution < 1.29 is 9.90 Å². The highest BCUT2D eigenvalue weighted by molar-refractivity contribution is 6.07. The molecule has 7 nitrogen and oxygen atoms in total. The zero-order valence-corrected chi connectivity index (χ0v) is 18.0.